The largest absolute Gasteiger partial charge is 0.452 e. The summed E-state index contributed by atoms with van der Waals surface area (Å²) in [5.41, 5.74) is 4.04. The third-order valence-electron chi connectivity index (χ3n) is 5.74. The van der Waals surface area contributed by atoms with Gasteiger partial charge in [-0.05, 0) is 48.1 Å². The number of morpholine rings is 1. The molecule has 0 saturated carbocycles. The average molecular weight is 408 g/mol. The lowest BCUT2D eigenvalue weighted by Gasteiger charge is -2.26. The normalized spacial score (nSPS) is 19.0. The number of amides is 1. The third kappa shape index (κ3) is 5.26. The molecule has 1 aliphatic carbocycles. The van der Waals surface area contributed by atoms with E-state index >= 15 is 0 Å². The Labute approximate surface area is 177 Å². The van der Waals surface area contributed by atoms with Crippen LogP contribution in [0.3, 0.4) is 0 Å². The summed E-state index contributed by atoms with van der Waals surface area (Å²) in [5.74, 6) is -0.749. The standard InChI is InChI=1S/C24H28N2O4/c27-23(25-22-7-3-5-19-4-1-2-6-21(19)22)17-30-24(28)20-10-8-18(9-11-20)16-26-12-14-29-15-13-26/h1-2,4,6,8-11,22H,3,5,7,12-17H2,(H,25,27)/t22-/m0/s1. The van der Waals surface area contributed by atoms with Gasteiger partial charge in [0.05, 0.1) is 24.8 Å². The number of benzene rings is 2. The van der Waals surface area contributed by atoms with E-state index in [9.17, 15) is 9.59 Å². The summed E-state index contributed by atoms with van der Waals surface area (Å²) in [5, 5.41) is 3.00. The van der Waals surface area contributed by atoms with Crippen LogP contribution in [0.15, 0.2) is 48.5 Å². The molecule has 0 spiro atoms. The van der Waals surface area contributed by atoms with E-state index in [1.165, 1.54) is 11.1 Å². The Bertz CT molecular complexity index is 875. The first kappa shape index (κ1) is 20.6. The second kappa shape index (κ2) is 9.87. The molecule has 1 N–H and O–H groups in total. The molecule has 6 heteroatoms. The van der Waals surface area contributed by atoms with Crippen molar-refractivity contribution in [3.8, 4) is 0 Å². The van der Waals surface area contributed by atoms with Crippen molar-refractivity contribution >= 4 is 11.9 Å². The van der Waals surface area contributed by atoms with Crippen LogP contribution >= 0.6 is 0 Å². The first-order valence-electron chi connectivity index (χ1n) is 10.6. The van der Waals surface area contributed by atoms with Crippen LogP contribution in [-0.4, -0.2) is 49.7 Å². The molecule has 2 aromatic rings. The van der Waals surface area contributed by atoms with Crippen LogP contribution in [0, 0.1) is 0 Å². The molecular weight excluding hydrogens is 380 g/mol. The highest BCUT2D eigenvalue weighted by Gasteiger charge is 2.22. The van der Waals surface area contributed by atoms with E-state index in [0.29, 0.717) is 5.56 Å². The Kier molecular flexibility index (Phi) is 6.77. The fourth-order valence-corrected chi connectivity index (χ4v) is 4.12. The van der Waals surface area contributed by atoms with Crippen LogP contribution in [0.2, 0.25) is 0 Å². The quantitative estimate of drug-likeness (QED) is 0.745. The topological polar surface area (TPSA) is 67.9 Å². The van der Waals surface area contributed by atoms with Gasteiger partial charge in [0.1, 0.15) is 0 Å². The monoisotopic (exact) mass is 408 g/mol. The van der Waals surface area contributed by atoms with Gasteiger partial charge < -0.3 is 14.8 Å². The molecule has 0 aromatic heterocycles. The Hall–Kier alpha value is -2.70. The molecule has 4 rings (SSSR count). The minimum atomic E-state index is -0.480. The number of carbonyl (C=O) groups excluding carboxylic acids is 2. The van der Waals surface area contributed by atoms with E-state index in [1.807, 2.05) is 24.3 Å². The maximum atomic E-state index is 12.3. The second-order valence-electron chi connectivity index (χ2n) is 7.87. The average Bonchev–Trinajstić information content (AvgIpc) is 2.79. The molecule has 1 fully saturated rings. The Morgan fingerprint density at radius 1 is 1.07 bits per heavy atom. The van der Waals surface area contributed by atoms with Gasteiger partial charge in [0.2, 0.25) is 0 Å². The maximum absolute atomic E-state index is 12.3. The number of fused-ring (bicyclic) bond motifs is 1. The van der Waals surface area contributed by atoms with Gasteiger partial charge >= 0.3 is 5.97 Å². The first-order valence-corrected chi connectivity index (χ1v) is 10.6. The van der Waals surface area contributed by atoms with Crippen molar-refractivity contribution in [2.45, 2.75) is 31.8 Å². The zero-order valence-electron chi connectivity index (χ0n) is 17.1. The van der Waals surface area contributed by atoms with Gasteiger partial charge in [-0.1, -0.05) is 36.4 Å². The molecule has 0 unspecified atom stereocenters. The minimum absolute atomic E-state index is 0.0133. The lowest BCUT2D eigenvalue weighted by molar-refractivity contribution is -0.125. The number of hydrogen-bond acceptors (Lipinski definition) is 5. The summed E-state index contributed by atoms with van der Waals surface area (Å²) < 4.78 is 10.6. The van der Waals surface area contributed by atoms with Gasteiger partial charge in [-0.2, -0.15) is 0 Å². The van der Waals surface area contributed by atoms with Gasteiger partial charge in [0.15, 0.2) is 6.61 Å². The fourth-order valence-electron chi connectivity index (χ4n) is 4.12. The number of hydrogen-bond donors (Lipinski definition) is 1. The van der Waals surface area contributed by atoms with Crippen molar-refractivity contribution in [1.82, 2.24) is 10.2 Å². The predicted molar refractivity (Wildman–Crippen MR) is 113 cm³/mol. The molecule has 6 nitrogen and oxygen atoms in total. The second-order valence-corrected chi connectivity index (χ2v) is 7.87. The summed E-state index contributed by atoms with van der Waals surface area (Å²) >= 11 is 0. The van der Waals surface area contributed by atoms with E-state index in [2.05, 4.69) is 22.3 Å². The Morgan fingerprint density at radius 3 is 2.63 bits per heavy atom. The Balaban J connectivity index is 1.26. The Morgan fingerprint density at radius 2 is 1.83 bits per heavy atom. The molecule has 2 aromatic carbocycles. The summed E-state index contributed by atoms with van der Waals surface area (Å²) in [6.45, 7) is 3.93. The van der Waals surface area contributed by atoms with Crippen molar-refractivity contribution < 1.29 is 19.1 Å². The van der Waals surface area contributed by atoms with E-state index < -0.39 is 5.97 Å². The van der Waals surface area contributed by atoms with Crippen LogP contribution in [0.5, 0.6) is 0 Å². The molecular formula is C24H28N2O4. The van der Waals surface area contributed by atoms with Crippen LogP contribution in [0.4, 0.5) is 0 Å². The molecule has 0 radical (unpaired) electrons. The summed E-state index contributed by atoms with van der Waals surface area (Å²) in [6, 6.07) is 15.6. The highest BCUT2D eigenvalue weighted by Crippen LogP contribution is 2.29. The summed E-state index contributed by atoms with van der Waals surface area (Å²) in [4.78, 5) is 27.0. The smallest absolute Gasteiger partial charge is 0.338 e. The SMILES string of the molecule is O=C(COC(=O)c1ccc(CN2CCOCC2)cc1)N[C@H]1CCCc2ccccc21. The highest BCUT2D eigenvalue weighted by atomic mass is 16.5. The van der Waals surface area contributed by atoms with Gasteiger partial charge in [-0.15, -0.1) is 0 Å². The van der Waals surface area contributed by atoms with Crippen molar-refractivity contribution in [2.75, 3.05) is 32.9 Å². The molecule has 1 saturated heterocycles. The van der Waals surface area contributed by atoms with Gasteiger partial charge in [-0.3, -0.25) is 9.69 Å². The van der Waals surface area contributed by atoms with E-state index in [-0.39, 0.29) is 18.6 Å². The van der Waals surface area contributed by atoms with Crippen molar-refractivity contribution in [2.24, 2.45) is 0 Å². The molecule has 1 atom stereocenters. The number of ether oxygens (including phenoxy) is 2. The predicted octanol–water partition coefficient (Wildman–Crippen LogP) is 2.87. The van der Waals surface area contributed by atoms with Crippen molar-refractivity contribution in [3.05, 3.63) is 70.8 Å². The lowest BCUT2D eigenvalue weighted by Crippen LogP contribution is -2.35. The van der Waals surface area contributed by atoms with Gasteiger partial charge in [-0.25, -0.2) is 4.79 Å². The third-order valence-corrected chi connectivity index (χ3v) is 5.74. The van der Waals surface area contributed by atoms with Gasteiger partial charge in [0.25, 0.3) is 5.91 Å². The van der Waals surface area contributed by atoms with Crippen LogP contribution in [0.25, 0.3) is 0 Å². The summed E-state index contributed by atoms with van der Waals surface area (Å²) in [6.07, 6.45) is 2.99. The minimum Gasteiger partial charge on any atom is -0.452 e. The maximum Gasteiger partial charge on any atom is 0.338 e. The zero-order valence-corrected chi connectivity index (χ0v) is 17.1. The van der Waals surface area contributed by atoms with E-state index in [0.717, 1.165) is 57.7 Å². The number of esters is 1. The number of carbonyl (C=O) groups is 2. The number of aryl methyl sites for hydroxylation is 1. The van der Waals surface area contributed by atoms with Crippen molar-refractivity contribution in [3.63, 3.8) is 0 Å². The molecule has 158 valence electrons. The van der Waals surface area contributed by atoms with Gasteiger partial charge in [0, 0.05) is 19.6 Å². The fraction of sp³-hybridized carbons (Fsp3) is 0.417. The van der Waals surface area contributed by atoms with E-state index in [1.54, 1.807) is 12.1 Å². The summed E-state index contributed by atoms with van der Waals surface area (Å²) in [7, 11) is 0. The molecule has 0 bridgehead atoms. The molecule has 2 aliphatic rings. The van der Waals surface area contributed by atoms with Crippen LogP contribution in [0.1, 0.15) is 45.9 Å². The van der Waals surface area contributed by atoms with Crippen LogP contribution < -0.4 is 5.32 Å². The highest BCUT2D eigenvalue weighted by molar-refractivity contribution is 5.91. The molecule has 1 aliphatic heterocycles. The zero-order chi connectivity index (χ0) is 20.8. The van der Waals surface area contributed by atoms with Crippen molar-refractivity contribution in [1.29, 1.82) is 0 Å². The number of nitrogens with zero attached hydrogens (tertiary/aromatic N) is 1. The molecule has 1 amide bonds. The molecule has 1 heterocycles. The van der Waals surface area contributed by atoms with E-state index in [4.69, 9.17) is 9.47 Å². The number of nitrogens with one attached hydrogen (secondary N) is 1. The van der Waals surface area contributed by atoms with Crippen LogP contribution in [-0.2, 0) is 27.2 Å². The lowest BCUT2D eigenvalue weighted by atomic mass is 9.88. The molecule has 30 heavy (non-hydrogen) atoms. The first-order chi connectivity index (χ1) is 14.7. The number of rotatable bonds is 6.